The molecule has 0 spiro atoms. The van der Waals surface area contributed by atoms with E-state index in [1.54, 1.807) is 0 Å². The molecule has 0 atom stereocenters. The zero-order valence-electron chi connectivity index (χ0n) is 9.68. The monoisotopic (exact) mass is 208 g/mol. The molecule has 1 aliphatic heterocycles. The summed E-state index contributed by atoms with van der Waals surface area (Å²) in [5.74, 6) is 0.981. The molecule has 0 aromatic carbocycles. The Morgan fingerprint density at radius 3 is 2.53 bits per heavy atom. The van der Waals surface area contributed by atoms with E-state index in [0.717, 1.165) is 31.1 Å². The second kappa shape index (κ2) is 4.35. The molecule has 15 heavy (non-hydrogen) atoms. The lowest BCUT2D eigenvalue weighted by molar-refractivity contribution is -0.126. The van der Waals surface area contributed by atoms with Crippen LogP contribution in [0.2, 0.25) is 0 Å². The lowest BCUT2D eigenvalue weighted by Gasteiger charge is -2.31. The SMILES string of the molecule is CC(C(=O)N(C)CC1CCC1)=C1CNC1. The predicted octanol–water partition coefficient (Wildman–Crippen LogP) is 1.16. The van der Waals surface area contributed by atoms with Gasteiger partial charge < -0.3 is 10.2 Å². The van der Waals surface area contributed by atoms with Crippen LogP contribution in [0.3, 0.4) is 0 Å². The van der Waals surface area contributed by atoms with Gasteiger partial charge in [-0.05, 0) is 31.3 Å². The minimum Gasteiger partial charge on any atom is -0.342 e. The van der Waals surface area contributed by atoms with Crippen molar-refractivity contribution in [1.82, 2.24) is 10.2 Å². The Morgan fingerprint density at radius 1 is 1.47 bits per heavy atom. The van der Waals surface area contributed by atoms with E-state index in [2.05, 4.69) is 5.32 Å². The van der Waals surface area contributed by atoms with Crippen molar-refractivity contribution in [3.8, 4) is 0 Å². The van der Waals surface area contributed by atoms with Gasteiger partial charge in [-0.15, -0.1) is 0 Å². The number of nitrogens with zero attached hydrogens (tertiary/aromatic N) is 1. The first-order valence-electron chi connectivity index (χ1n) is 5.83. The van der Waals surface area contributed by atoms with Crippen LogP contribution in [0.5, 0.6) is 0 Å². The Bertz CT molecular complexity index is 286. The Kier molecular flexibility index (Phi) is 3.10. The third-order valence-electron chi connectivity index (χ3n) is 3.63. The number of hydrogen-bond acceptors (Lipinski definition) is 2. The molecule has 1 heterocycles. The molecule has 2 aliphatic rings. The van der Waals surface area contributed by atoms with Crippen LogP contribution in [0.15, 0.2) is 11.1 Å². The highest BCUT2D eigenvalue weighted by molar-refractivity contribution is 5.93. The summed E-state index contributed by atoms with van der Waals surface area (Å²) in [4.78, 5) is 13.9. The van der Waals surface area contributed by atoms with Crippen LogP contribution < -0.4 is 5.32 Å². The summed E-state index contributed by atoms with van der Waals surface area (Å²) in [6.45, 7) is 4.69. The summed E-state index contributed by atoms with van der Waals surface area (Å²) < 4.78 is 0. The normalized spacial score (nSPS) is 20.5. The molecule has 3 nitrogen and oxygen atoms in total. The van der Waals surface area contributed by atoms with Crippen LogP contribution >= 0.6 is 0 Å². The lowest BCUT2D eigenvalue weighted by Crippen LogP contribution is -2.39. The molecule has 2 rings (SSSR count). The quantitative estimate of drug-likeness (QED) is 0.706. The highest BCUT2D eigenvalue weighted by Gasteiger charge is 2.23. The first-order chi connectivity index (χ1) is 7.18. The lowest BCUT2D eigenvalue weighted by atomic mass is 9.85. The molecule has 0 radical (unpaired) electrons. The third-order valence-corrected chi connectivity index (χ3v) is 3.63. The number of amides is 1. The second-order valence-corrected chi connectivity index (χ2v) is 4.81. The molecule has 0 unspecified atom stereocenters. The molecule has 1 aliphatic carbocycles. The van der Waals surface area contributed by atoms with E-state index < -0.39 is 0 Å². The first kappa shape index (κ1) is 10.7. The van der Waals surface area contributed by atoms with Gasteiger partial charge >= 0.3 is 0 Å². The van der Waals surface area contributed by atoms with Crippen LogP contribution in [0.1, 0.15) is 26.2 Å². The van der Waals surface area contributed by atoms with Crippen molar-refractivity contribution < 1.29 is 4.79 Å². The molecule has 84 valence electrons. The maximum absolute atomic E-state index is 12.0. The summed E-state index contributed by atoms with van der Waals surface area (Å²) in [6.07, 6.45) is 3.94. The van der Waals surface area contributed by atoms with Crippen LogP contribution in [-0.2, 0) is 4.79 Å². The van der Waals surface area contributed by atoms with E-state index in [1.165, 1.54) is 24.8 Å². The van der Waals surface area contributed by atoms with Crippen molar-refractivity contribution in [1.29, 1.82) is 0 Å². The predicted molar refractivity (Wildman–Crippen MR) is 60.5 cm³/mol. The fourth-order valence-corrected chi connectivity index (χ4v) is 2.10. The molecular weight excluding hydrogens is 188 g/mol. The van der Waals surface area contributed by atoms with Gasteiger partial charge in [0.2, 0.25) is 5.91 Å². The fraction of sp³-hybridized carbons (Fsp3) is 0.750. The summed E-state index contributed by atoms with van der Waals surface area (Å²) >= 11 is 0. The molecule has 1 saturated carbocycles. The van der Waals surface area contributed by atoms with Gasteiger partial charge in [0, 0.05) is 32.3 Å². The molecule has 3 heteroatoms. The molecule has 1 N–H and O–H groups in total. The molecule has 1 saturated heterocycles. The Morgan fingerprint density at radius 2 is 2.13 bits per heavy atom. The average Bonchev–Trinajstić information content (AvgIpc) is 2.06. The summed E-state index contributed by atoms with van der Waals surface area (Å²) in [7, 11) is 1.93. The first-order valence-corrected chi connectivity index (χ1v) is 5.83. The maximum atomic E-state index is 12.0. The highest BCUT2D eigenvalue weighted by atomic mass is 16.2. The summed E-state index contributed by atoms with van der Waals surface area (Å²) in [5, 5.41) is 3.17. The van der Waals surface area contributed by atoms with Crippen molar-refractivity contribution in [3.63, 3.8) is 0 Å². The Balaban J connectivity index is 1.88. The standard InChI is InChI=1S/C12H20N2O/c1-9(11-6-13-7-11)12(15)14(2)8-10-4-3-5-10/h10,13H,3-8H2,1-2H3. The molecule has 0 aromatic rings. The van der Waals surface area contributed by atoms with Crippen molar-refractivity contribution in [2.24, 2.45) is 5.92 Å². The summed E-state index contributed by atoms with van der Waals surface area (Å²) in [6, 6.07) is 0. The van der Waals surface area contributed by atoms with E-state index in [4.69, 9.17) is 0 Å². The van der Waals surface area contributed by atoms with Gasteiger partial charge in [-0.1, -0.05) is 6.42 Å². The average molecular weight is 208 g/mol. The van der Waals surface area contributed by atoms with Gasteiger partial charge in [0.25, 0.3) is 0 Å². The number of carbonyl (C=O) groups is 1. The van der Waals surface area contributed by atoms with Crippen LogP contribution in [0.4, 0.5) is 0 Å². The largest absolute Gasteiger partial charge is 0.342 e. The Labute approximate surface area is 91.5 Å². The van der Waals surface area contributed by atoms with E-state index in [-0.39, 0.29) is 5.91 Å². The van der Waals surface area contributed by atoms with Crippen LogP contribution in [-0.4, -0.2) is 37.5 Å². The van der Waals surface area contributed by atoms with Crippen molar-refractivity contribution >= 4 is 5.91 Å². The Hall–Kier alpha value is -0.830. The molecule has 2 fully saturated rings. The topological polar surface area (TPSA) is 32.3 Å². The van der Waals surface area contributed by atoms with Gasteiger partial charge in [-0.25, -0.2) is 0 Å². The minimum absolute atomic E-state index is 0.221. The number of nitrogens with one attached hydrogen (secondary N) is 1. The molecule has 0 aromatic heterocycles. The number of rotatable bonds is 3. The van der Waals surface area contributed by atoms with Crippen molar-refractivity contribution in [2.45, 2.75) is 26.2 Å². The third kappa shape index (κ3) is 2.23. The maximum Gasteiger partial charge on any atom is 0.249 e. The fourth-order valence-electron chi connectivity index (χ4n) is 2.10. The molecule has 1 amide bonds. The molecule has 0 bridgehead atoms. The number of hydrogen-bond donors (Lipinski definition) is 1. The van der Waals surface area contributed by atoms with Crippen molar-refractivity contribution in [3.05, 3.63) is 11.1 Å². The van der Waals surface area contributed by atoms with Gasteiger partial charge in [0.1, 0.15) is 0 Å². The van der Waals surface area contributed by atoms with Crippen molar-refractivity contribution in [2.75, 3.05) is 26.7 Å². The van der Waals surface area contributed by atoms with Crippen LogP contribution in [0, 0.1) is 5.92 Å². The number of likely N-dealkylation sites (N-methyl/N-ethyl adjacent to an activating group) is 1. The number of carbonyl (C=O) groups excluding carboxylic acids is 1. The van der Waals surface area contributed by atoms with E-state index in [0.29, 0.717) is 0 Å². The summed E-state index contributed by atoms with van der Waals surface area (Å²) in [5.41, 5.74) is 2.23. The highest BCUT2D eigenvalue weighted by Crippen LogP contribution is 2.27. The van der Waals surface area contributed by atoms with Crippen LogP contribution in [0.25, 0.3) is 0 Å². The zero-order valence-corrected chi connectivity index (χ0v) is 9.68. The van der Waals surface area contributed by atoms with Gasteiger partial charge in [-0.2, -0.15) is 0 Å². The second-order valence-electron chi connectivity index (χ2n) is 4.81. The minimum atomic E-state index is 0.221. The smallest absolute Gasteiger partial charge is 0.249 e. The van der Waals surface area contributed by atoms with Gasteiger partial charge in [-0.3, -0.25) is 4.79 Å². The zero-order chi connectivity index (χ0) is 10.8. The van der Waals surface area contributed by atoms with E-state index >= 15 is 0 Å². The molecular formula is C12H20N2O. The van der Waals surface area contributed by atoms with E-state index in [1.807, 2.05) is 18.9 Å². The van der Waals surface area contributed by atoms with Gasteiger partial charge in [0.05, 0.1) is 0 Å². The van der Waals surface area contributed by atoms with E-state index in [9.17, 15) is 4.79 Å². The van der Waals surface area contributed by atoms with Gasteiger partial charge in [0.15, 0.2) is 0 Å².